The van der Waals surface area contributed by atoms with Crippen LogP contribution in [0.25, 0.3) is 0 Å². The number of carbonyl (C=O) groups is 1. The summed E-state index contributed by atoms with van der Waals surface area (Å²) >= 11 is 0. The van der Waals surface area contributed by atoms with E-state index in [1.165, 1.54) is 6.08 Å². The zero-order valence-corrected chi connectivity index (χ0v) is 13.7. The molecule has 132 valence electrons. The third-order valence-corrected chi connectivity index (χ3v) is 3.20. The fourth-order valence-electron chi connectivity index (χ4n) is 1.97. The molecular formula is C18H30O5. The van der Waals surface area contributed by atoms with E-state index in [0.717, 1.165) is 44.9 Å². The summed E-state index contributed by atoms with van der Waals surface area (Å²) in [7, 11) is 0. The summed E-state index contributed by atoms with van der Waals surface area (Å²) in [6.07, 6.45) is 19.5. The number of aliphatic hydroxyl groups is 3. The minimum atomic E-state index is -2.61. The van der Waals surface area contributed by atoms with Gasteiger partial charge >= 0.3 is 5.97 Å². The standard InChI is InChI=1S/C18H30O5/c19-17(20)15-13-11-9-7-5-3-1-2-4-6-8-10-12-14-16-18(21,22)23/h1-2,6,8,12,14,21-23H,3-5,7,9-11,13,15-16H2,(H,19,20)/b2-1-,8-6-,14-12-. The number of carboxylic acids is 1. The highest BCUT2D eigenvalue weighted by atomic mass is 16.7. The molecule has 23 heavy (non-hydrogen) atoms. The molecule has 0 spiro atoms. The highest BCUT2D eigenvalue weighted by Crippen LogP contribution is 2.08. The van der Waals surface area contributed by atoms with Crippen LogP contribution in [0, 0.1) is 0 Å². The van der Waals surface area contributed by atoms with E-state index >= 15 is 0 Å². The Morgan fingerprint density at radius 2 is 1.26 bits per heavy atom. The van der Waals surface area contributed by atoms with Gasteiger partial charge in [-0.05, 0) is 32.1 Å². The molecule has 0 aliphatic rings. The van der Waals surface area contributed by atoms with Crippen molar-refractivity contribution < 1.29 is 25.2 Å². The SMILES string of the molecule is O=C(O)CCCCCCC/C=C\C/C=C\C/C=C\CC(O)(O)O. The number of hydrogen-bond donors (Lipinski definition) is 4. The van der Waals surface area contributed by atoms with Crippen LogP contribution < -0.4 is 0 Å². The molecule has 0 aromatic heterocycles. The van der Waals surface area contributed by atoms with Crippen molar-refractivity contribution in [2.24, 2.45) is 0 Å². The third kappa shape index (κ3) is 20.6. The first-order chi connectivity index (χ1) is 10.9. The molecule has 0 aromatic carbocycles. The summed E-state index contributed by atoms with van der Waals surface area (Å²) in [4.78, 5) is 10.3. The Morgan fingerprint density at radius 3 is 1.87 bits per heavy atom. The molecule has 0 saturated heterocycles. The number of aliphatic carboxylic acids is 1. The summed E-state index contributed by atoms with van der Waals surface area (Å²) < 4.78 is 0. The zero-order chi connectivity index (χ0) is 17.4. The van der Waals surface area contributed by atoms with E-state index in [1.54, 1.807) is 6.08 Å². The van der Waals surface area contributed by atoms with Crippen molar-refractivity contribution in [3.63, 3.8) is 0 Å². The van der Waals surface area contributed by atoms with Gasteiger partial charge in [0, 0.05) is 12.8 Å². The smallest absolute Gasteiger partial charge is 0.303 e. The van der Waals surface area contributed by atoms with Gasteiger partial charge in [0.2, 0.25) is 0 Å². The number of hydrogen-bond acceptors (Lipinski definition) is 4. The van der Waals surface area contributed by atoms with Crippen molar-refractivity contribution in [1.29, 1.82) is 0 Å². The van der Waals surface area contributed by atoms with Gasteiger partial charge < -0.3 is 20.4 Å². The van der Waals surface area contributed by atoms with Gasteiger partial charge in [0.25, 0.3) is 5.97 Å². The summed E-state index contributed by atoms with van der Waals surface area (Å²) in [6.45, 7) is 0. The Bertz CT molecular complexity index is 377. The molecule has 0 amide bonds. The van der Waals surface area contributed by atoms with Crippen molar-refractivity contribution in [3.05, 3.63) is 36.5 Å². The Morgan fingerprint density at radius 1 is 0.739 bits per heavy atom. The van der Waals surface area contributed by atoms with Crippen LogP contribution in [0.15, 0.2) is 36.5 Å². The fraction of sp³-hybridized carbons (Fsp3) is 0.611. The Kier molecular flexibility index (Phi) is 13.3. The van der Waals surface area contributed by atoms with Crippen molar-refractivity contribution in [1.82, 2.24) is 0 Å². The fourth-order valence-corrected chi connectivity index (χ4v) is 1.97. The predicted octanol–water partition coefficient (Wildman–Crippen LogP) is 3.27. The molecule has 0 fully saturated rings. The van der Waals surface area contributed by atoms with Gasteiger partial charge in [0.05, 0.1) is 0 Å². The molecule has 0 atom stereocenters. The predicted molar refractivity (Wildman–Crippen MR) is 90.6 cm³/mol. The maximum Gasteiger partial charge on any atom is 0.303 e. The highest BCUT2D eigenvalue weighted by molar-refractivity contribution is 5.66. The van der Waals surface area contributed by atoms with E-state index in [2.05, 4.69) is 12.2 Å². The van der Waals surface area contributed by atoms with Crippen molar-refractivity contribution >= 4 is 5.97 Å². The number of carboxylic acid groups (broad SMARTS) is 1. The average molecular weight is 326 g/mol. The number of unbranched alkanes of at least 4 members (excludes halogenated alkanes) is 5. The van der Waals surface area contributed by atoms with Gasteiger partial charge in [-0.2, -0.15) is 0 Å². The number of allylic oxidation sites excluding steroid dienone is 5. The second kappa shape index (κ2) is 14.2. The minimum Gasteiger partial charge on any atom is -0.481 e. The summed E-state index contributed by atoms with van der Waals surface area (Å²) in [5.41, 5.74) is 0. The molecule has 0 bridgehead atoms. The maximum atomic E-state index is 10.3. The van der Waals surface area contributed by atoms with Crippen LogP contribution >= 0.6 is 0 Å². The van der Waals surface area contributed by atoms with Crippen LogP contribution in [0.1, 0.15) is 64.2 Å². The lowest BCUT2D eigenvalue weighted by molar-refractivity contribution is -0.308. The first-order valence-electron chi connectivity index (χ1n) is 8.26. The Labute approximate surface area is 138 Å². The molecule has 5 nitrogen and oxygen atoms in total. The molecular weight excluding hydrogens is 296 g/mol. The van der Waals surface area contributed by atoms with Crippen LogP contribution in [0.5, 0.6) is 0 Å². The summed E-state index contributed by atoms with van der Waals surface area (Å²) in [5, 5.41) is 34.5. The van der Waals surface area contributed by atoms with Crippen LogP contribution in [-0.2, 0) is 4.79 Å². The molecule has 0 aliphatic carbocycles. The lowest BCUT2D eigenvalue weighted by Gasteiger charge is -2.09. The average Bonchev–Trinajstić information content (AvgIpc) is 2.45. The normalized spacial score (nSPS) is 12.8. The van der Waals surface area contributed by atoms with Crippen molar-refractivity contribution in [2.75, 3.05) is 0 Å². The summed E-state index contributed by atoms with van der Waals surface area (Å²) in [5.74, 6) is -3.32. The van der Waals surface area contributed by atoms with E-state index in [9.17, 15) is 4.79 Å². The highest BCUT2D eigenvalue weighted by Gasteiger charge is 2.14. The molecule has 0 heterocycles. The lowest BCUT2D eigenvalue weighted by Crippen LogP contribution is -2.25. The molecule has 5 heteroatoms. The van der Waals surface area contributed by atoms with Crippen molar-refractivity contribution in [2.45, 2.75) is 70.2 Å². The molecule has 4 N–H and O–H groups in total. The van der Waals surface area contributed by atoms with Gasteiger partial charge in [0.1, 0.15) is 0 Å². The van der Waals surface area contributed by atoms with Gasteiger partial charge in [-0.1, -0.05) is 55.7 Å². The molecule has 0 unspecified atom stereocenters. The zero-order valence-electron chi connectivity index (χ0n) is 13.7. The molecule has 0 rings (SSSR count). The van der Waals surface area contributed by atoms with Gasteiger partial charge in [-0.3, -0.25) is 4.79 Å². The Balaban J connectivity index is 3.37. The summed E-state index contributed by atoms with van der Waals surface area (Å²) in [6, 6.07) is 0. The maximum absolute atomic E-state index is 10.3. The first-order valence-corrected chi connectivity index (χ1v) is 8.26. The van der Waals surface area contributed by atoms with Gasteiger partial charge in [-0.25, -0.2) is 0 Å². The van der Waals surface area contributed by atoms with Crippen LogP contribution in [0.4, 0.5) is 0 Å². The first kappa shape index (κ1) is 21.6. The lowest BCUT2D eigenvalue weighted by atomic mass is 10.1. The minimum absolute atomic E-state index is 0.197. The third-order valence-electron chi connectivity index (χ3n) is 3.20. The van der Waals surface area contributed by atoms with E-state index in [4.69, 9.17) is 20.4 Å². The molecule has 0 saturated carbocycles. The van der Waals surface area contributed by atoms with Crippen LogP contribution in [0.2, 0.25) is 0 Å². The van der Waals surface area contributed by atoms with Gasteiger partial charge in [-0.15, -0.1) is 0 Å². The van der Waals surface area contributed by atoms with E-state index in [1.807, 2.05) is 12.2 Å². The topological polar surface area (TPSA) is 98.0 Å². The second-order valence-corrected chi connectivity index (χ2v) is 5.56. The van der Waals surface area contributed by atoms with Gasteiger partial charge in [0.15, 0.2) is 0 Å². The van der Waals surface area contributed by atoms with E-state index in [-0.39, 0.29) is 12.8 Å². The second-order valence-electron chi connectivity index (χ2n) is 5.56. The van der Waals surface area contributed by atoms with Crippen molar-refractivity contribution in [3.8, 4) is 0 Å². The Hall–Kier alpha value is -1.43. The van der Waals surface area contributed by atoms with Crippen LogP contribution in [0.3, 0.4) is 0 Å². The van der Waals surface area contributed by atoms with Crippen LogP contribution in [-0.4, -0.2) is 32.4 Å². The number of rotatable bonds is 14. The largest absolute Gasteiger partial charge is 0.481 e. The molecule has 0 aromatic rings. The quantitative estimate of drug-likeness (QED) is 0.223. The molecule has 0 radical (unpaired) electrons. The monoisotopic (exact) mass is 326 g/mol. The van der Waals surface area contributed by atoms with E-state index in [0.29, 0.717) is 6.42 Å². The van der Waals surface area contributed by atoms with E-state index < -0.39 is 11.9 Å². The molecule has 0 aliphatic heterocycles.